The number of hydrogen-bond donors (Lipinski definition) is 6. The third-order valence-electron chi connectivity index (χ3n) is 7.46. The fourth-order valence-electron chi connectivity index (χ4n) is 4.89. The molecule has 14 heteroatoms. The van der Waals surface area contributed by atoms with Crippen LogP contribution in [0.25, 0.3) is 0 Å². The lowest BCUT2D eigenvalue weighted by Gasteiger charge is -2.25. The van der Waals surface area contributed by atoms with Gasteiger partial charge >= 0.3 is 12.2 Å². The van der Waals surface area contributed by atoms with Crippen molar-refractivity contribution in [1.29, 1.82) is 0 Å². The molecular weight excluding hydrogens is 668 g/mol. The number of Topliss-reactive ketones (excluding diaryl/α,β-unsaturated/α-hetero) is 1. The summed E-state index contributed by atoms with van der Waals surface area (Å²) in [6.45, 7) is 4.98. The van der Waals surface area contributed by atoms with Crippen molar-refractivity contribution in [3.05, 3.63) is 108 Å². The minimum absolute atomic E-state index is 0.0283. The van der Waals surface area contributed by atoms with Crippen LogP contribution in [0.1, 0.15) is 43.9 Å². The molecule has 0 bridgehead atoms. The van der Waals surface area contributed by atoms with E-state index in [2.05, 4.69) is 26.6 Å². The van der Waals surface area contributed by atoms with Gasteiger partial charge in [0.2, 0.25) is 17.7 Å². The summed E-state index contributed by atoms with van der Waals surface area (Å²) in [5, 5.41) is 13.2. The van der Waals surface area contributed by atoms with Crippen molar-refractivity contribution >= 4 is 35.7 Å². The molecule has 278 valence electrons. The van der Waals surface area contributed by atoms with Gasteiger partial charge in [-0.15, -0.1) is 0 Å². The second kappa shape index (κ2) is 20.8. The van der Waals surface area contributed by atoms with Crippen LogP contribution in [0.15, 0.2) is 91.0 Å². The highest BCUT2D eigenvalue weighted by atomic mass is 16.6. The van der Waals surface area contributed by atoms with Crippen molar-refractivity contribution in [3.63, 3.8) is 0 Å². The van der Waals surface area contributed by atoms with E-state index < -0.39 is 65.8 Å². The van der Waals surface area contributed by atoms with E-state index in [1.54, 1.807) is 45.0 Å². The Labute approximate surface area is 303 Å². The number of nitrogens with one attached hydrogen (secondary N) is 5. The number of carbonyl (C=O) groups excluding carboxylic acids is 6. The van der Waals surface area contributed by atoms with Gasteiger partial charge in [-0.05, 0) is 50.3 Å². The van der Waals surface area contributed by atoms with Crippen LogP contribution < -0.4 is 32.3 Å². The van der Waals surface area contributed by atoms with Gasteiger partial charge in [0.05, 0.1) is 25.0 Å². The number of amides is 5. The Kier molecular flexibility index (Phi) is 16.3. The van der Waals surface area contributed by atoms with Gasteiger partial charge in [0.1, 0.15) is 18.2 Å². The summed E-state index contributed by atoms with van der Waals surface area (Å²) in [6.07, 6.45) is -1.58. The third kappa shape index (κ3) is 15.9. The number of carbonyl (C=O) groups is 6. The van der Waals surface area contributed by atoms with Gasteiger partial charge in [-0.1, -0.05) is 91.0 Å². The van der Waals surface area contributed by atoms with E-state index in [4.69, 9.17) is 15.2 Å². The second-order valence-corrected chi connectivity index (χ2v) is 13.0. The number of nitrogens with two attached hydrogens (primary N) is 1. The average Bonchev–Trinajstić information content (AvgIpc) is 3.10. The number of ketones is 1. The van der Waals surface area contributed by atoms with E-state index in [-0.39, 0.29) is 39.1 Å². The first kappa shape index (κ1) is 40.7. The summed E-state index contributed by atoms with van der Waals surface area (Å²) in [6, 6.07) is 23.9. The van der Waals surface area contributed by atoms with Crippen LogP contribution in [0.2, 0.25) is 0 Å². The normalized spacial score (nSPS) is 12.7. The molecule has 7 N–H and O–H groups in total. The molecule has 0 saturated carbocycles. The second-order valence-electron chi connectivity index (χ2n) is 13.0. The highest BCUT2D eigenvalue weighted by Gasteiger charge is 2.29. The molecule has 0 spiro atoms. The Morgan fingerprint density at radius 2 is 1.17 bits per heavy atom. The Bertz CT molecular complexity index is 1620. The van der Waals surface area contributed by atoms with E-state index in [0.29, 0.717) is 0 Å². The fourth-order valence-corrected chi connectivity index (χ4v) is 4.89. The maximum absolute atomic E-state index is 13.6. The molecule has 3 rings (SSSR count). The zero-order chi connectivity index (χ0) is 37.9. The van der Waals surface area contributed by atoms with E-state index in [9.17, 15) is 28.8 Å². The Morgan fingerprint density at radius 3 is 1.71 bits per heavy atom. The molecule has 0 unspecified atom stereocenters. The Morgan fingerprint density at radius 1 is 0.654 bits per heavy atom. The predicted octanol–water partition coefficient (Wildman–Crippen LogP) is 2.30. The number of ether oxygens (including phenoxy) is 2. The minimum atomic E-state index is -1.37. The van der Waals surface area contributed by atoms with Crippen LogP contribution in [0.3, 0.4) is 0 Å². The molecule has 0 heterocycles. The Balaban J connectivity index is 1.59. The lowest BCUT2D eigenvalue weighted by molar-refractivity contribution is -0.131. The van der Waals surface area contributed by atoms with Crippen molar-refractivity contribution in [3.8, 4) is 0 Å². The van der Waals surface area contributed by atoms with Crippen LogP contribution in [-0.4, -0.2) is 79.1 Å². The van der Waals surface area contributed by atoms with Gasteiger partial charge in [-0.2, -0.15) is 0 Å². The first-order valence-corrected chi connectivity index (χ1v) is 16.9. The zero-order valence-electron chi connectivity index (χ0n) is 29.7. The molecule has 0 aromatic heterocycles. The monoisotopic (exact) mass is 716 g/mol. The van der Waals surface area contributed by atoms with Crippen LogP contribution >= 0.6 is 0 Å². The van der Waals surface area contributed by atoms with Gasteiger partial charge in [-0.3, -0.25) is 24.5 Å². The fraction of sp³-hybridized carbons (Fsp3) is 0.368. The molecule has 52 heavy (non-hydrogen) atoms. The molecule has 0 aliphatic heterocycles. The molecule has 0 fully saturated rings. The number of alkyl carbamates (subject to hydrolysis) is 2. The largest absolute Gasteiger partial charge is 0.445 e. The Hall–Kier alpha value is -5.76. The molecular formula is C38H48N6O8. The lowest BCUT2D eigenvalue weighted by atomic mass is 10.0. The van der Waals surface area contributed by atoms with Gasteiger partial charge in [0.25, 0.3) is 0 Å². The first-order valence-electron chi connectivity index (χ1n) is 16.9. The third-order valence-corrected chi connectivity index (χ3v) is 7.46. The zero-order valence-corrected chi connectivity index (χ0v) is 29.7. The summed E-state index contributed by atoms with van der Waals surface area (Å²) in [5.41, 5.74) is 7.15. The summed E-state index contributed by atoms with van der Waals surface area (Å²) in [4.78, 5) is 76.7. The number of rotatable bonds is 19. The SMILES string of the molecule is CC(C)(C)OC(=O)N[C@@H](Cc1ccccc1)C(=O)CN[C@@H](Cc1ccccc1)C(=O)N[C@@H](CC(=O)NCCNC(=O)OCc1ccccc1)C(N)=O. The maximum atomic E-state index is 13.6. The van der Waals surface area contributed by atoms with Crippen molar-refractivity contribution < 1.29 is 38.2 Å². The molecule has 14 nitrogen and oxygen atoms in total. The van der Waals surface area contributed by atoms with Crippen molar-refractivity contribution in [2.24, 2.45) is 5.73 Å². The number of hydrogen-bond acceptors (Lipinski definition) is 9. The van der Waals surface area contributed by atoms with Crippen molar-refractivity contribution in [1.82, 2.24) is 26.6 Å². The summed E-state index contributed by atoms with van der Waals surface area (Å²) in [5.74, 6) is -2.62. The number of benzene rings is 3. The van der Waals surface area contributed by atoms with Gasteiger partial charge in [0.15, 0.2) is 5.78 Å². The van der Waals surface area contributed by atoms with Crippen LogP contribution in [0, 0.1) is 0 Å². The summed E-state index contributed by atoms with van der Waals surface area (Å²) >= 11 is 0. The van der Waals surface area contributed by atoms with E-state index in [0.717, 1.165) is 16.7 Å². The minimum Gasteiger partial charge on any atom is -0.445 e. The molecule has 0 radical (unpaired) electrons. The molecule has 3 aromatic carbocycles. The van der Waals surface area contributed by atoms with Crippen LogP contribution in [0.4, 0.5) is 9.59 Å². The summed E-state index contributed by atoms with van der Waals surface area (Å²) in [7, 11) is 0. The van der Waals surface area contributed by atoms with Gasteiger partial charge in [-0.25, -0.2) is 9.59 Å². The topological polar surface area (TPSA) is 207 Å². The van der Waals surface area contributed by atoms with Gasteiger partial charge < -0.3 is 36.5 Å². The number of primary amides is 1. The van der Waals surface area contributed by atoms with E-state index in [1.807, 2.05) is 66.7 Å². The van der Waals surface area contributed by atoms with E-state index >= 15 is 0 Å². The van der Waals surface area contributed by atoms with Crippen molar-refractivity contribution in [2.75, 3.05) is 19.6 Å². The van der Waals surface area contributed by atoms with Gasteiger partial charge in [0, 0.05) is 13.1 Å². The standard InChI is InChI=1S/C38H48N6O8/c1-38(2,3)52-37(50)44-29(21-26-13-7-4-8-14-26)32(45)24-42-31(22-27-15-9-5-10-16-27)35(48)43-30(34(39)47)23-33(46)40-19-20-41-36(49)51-25-28-17-11-6-12-18-28/h4-18,29-31,42H,19-25H2,1-3H3,(H2,39,47)(H,40,46)(H,41,49)(H,43,48)(H,44,50)/t29-,30-,31-/m0/s1. The first-order chi connectivity index (χ1) is 24.8. The predicted molar refractivity (Wildman–Crippen MR) is 194 cm³/mol. The molecule has 0 saturated heterocycles. The van der Waals surface area contributed by atoms with Crippen LogP contribution in [0.5, 0.6) is 0 Å². The lowest BCUT2D eigenvalue weighted by Crippen LogP contribution is -2.55. The molecule has 3 aromatic rings. The molecule has 5 amide bonds. The maximum Gasteiger partial charge on any atom is 0.408 e. The quantitative estimate of drug-likeness (QED) is 0.101. The highest BCUT2D eigenvalue weighted by molar-refractivity contribution is 5.93. The average molecular weight is 717 g/mol. The van der Waals surface area contributed by atoms with E-state index in [1.165, 1.54) is 0 Å². The van der Waals surface area contributed by atoms with Crippen molar-refractivity contribution in [2.45, 2.75) is 70.4 Å². The van der Waals surface area contributed by atoms with Crippen LogP contribution in [-0.2, 0) is 48.1 Å². The summed E-state index contributed by atoms with van der Waals surface area (Å²) < 4.78 is 10.5. The highest BCUT2D eigenvalue weighted by Crippen LogP contribution is 2.10. The molecule has 0 aliphatic rings. The molecule has 3 atom stereocenters. The molecule has 0 aliphatic carbocycles. The smallest absolute Gasteiger partial charge is 0.408 e.